The molecule has 0 radical (unpaired) electrons. The Morgan fingerprint density at radius 2 is 1.67 bits per heavy atom. The van der Waals surface area contributed by atoms with Crippen molar-refractivity contribution in [2.45, 2.75) is 6.18 Å². The SMILES string of the molecule is O=C(O)C(=Cc1ccc(Oc2ccccc2Br)cc1)NC(=O)c1cc(F)cc(C(F)(F)F)c1. The molecular weight excluding hydrogens is 510 g/mol. The summed E-state index contributed by atoms with van der Waals surface area (Å²) in [6, 6.07) is 14.6. The first kappa shape index (κ1) is 24.0. The number of rotatable bonds is 6. The Hall–Kier alpha value is -3.66. The van der Waals surface area contributed by atoms with E-state index in [1.54, 1.807) is 30.3 Å². The first-order valence-electron chi connectivity index (χ1n) is 9.19. The summed E-state index contributed by atoms with van der Waals surface area (Å²) in [6.45, 7) is 0. The van der Waals surface area contributed by atoms with Gasteiger partial charge in [-0.25, -0.2) is 9.18 Å². The smallest absolute Gasteiger partial charge is 0.416 e. The predicted molar refractivity (Wildman–Crippen MR) is 115 cm³/mol. The molecule has 0 bridgehead atoms. The van der Waals surface area contributed by atoms with Crippen LogP contribution < -0.4 is 10.1 Å². The van der Waals surface area contributed by atoms with Gasteiger partial charge in [0.2, 0.25) is 0 Å². The van der Waals surface area contributed by atoms with Gasteiger partial charge >= 0.3 is 12.1 Å². The van der Waals surface area contributed by atoms with Crippen LogP contribution >= 0.6 is 15.9 Å². The fourth-order valence-electron chi connectivity index (χ4n) is 2.68. The molecule has 0 aliphatic carbocycles. The van der Waals surface area contributed by atoms with Crippen molar-refractivity contribution in [3.8, 4) is 11.5 Å². The maximum absolute atomic E-state index is 13.6. The third-order valence-corrected chi connectivity index (χ3v) is 4.88. The third-order valence-electron chi connectivity index (χ3n) is 4.22. The number of benzene rings is 3. The molecular formula is C23H14BrF4NO4. The number of carboxylic acids is 1. The van der Waals surface area contributed by atoms with Gasteiger partial charge in [-0.1, -0.05) is 24.3 Å². The second-order valence-electron chi connectivity index (χ2n) is 6.65. The molecule has 170 valence electrons. The van der Waals surface area contributed by atoms with Gasteiger partial charge in [0.25, 0.3) is 5.91 Å². The van der Waals surface area contributed by atoms with E-state index < -0.39 is 40.7 Å². The van der Waals surface area contributed by atoms with E-state index in [1.807, 2.05) is 11.4 Å². The van der Waals surface area contributed by atoms with Crippen molar-refractivity contribution in [3.05, 3.63) is 99.4 Å². The standard InChI is InChI=1S/C23H14BrF4NO4/c24-18-3-1-2-4-20(18)33-17-7-5-13(6-8-17)9-19(22(31)32)29-21(30)14-10-15(23(26,27)28)12-16(25)11-14/h1-12H,(H,29,30)(H,31,32). The summed E-state index contributed by atoms with van der Waals surface area (Å²) >= 11 is 3.35. The molecule has 2 N–H and O–H groups in total. The molecule has 0 heterocycles. The van der Waals surface area contributed by atoms with Crippen LogP contribution in [0.25, 0.3) is 6.08 Å². The van der Waals surface area contributed by atoms with Crippen LogP contribution in [0.3, 0.4) is 0 Å². The molecule has 0 unspecified atom stereocenters. The molecule has 5 nitrogen and oxygen atoms in total. The summed E-state index contributed by atoms with van der Waals surface area (Å²) in [7, 11) is 0. The number of carboxylic acid groups (broad SMARTS) is 1. The maximum atomic E-state index is 13.6. The number of carbonyl (C=O) groups excluding carboxylic acids is 1. The lowest BCUT2D eigenvalue weighted by Crippen LogP contribution is -2.27. The minimum atomic E-state index is -4.87. The van der Waals surface area contributed by atoms with E-state index in [0.29, 0.717) is 29.2 Å². The van der Waals surface area contributed by atoms with Gasteiger partial charge in [-0.15, -0.1) is 0 Å². The quantitative estimate of drug-likeness (QED) is 0.295. The number of amides is 1. The van der Waals surface area contributed by atoms with Crippen LogP contribution in [0.15, 0.2) is 76.9 Å². The number of carbonyl (C=O) groups is 2. The van der Waals surface area contributed by atoms with Gasteiger partial charge in [0.15, 0.2) is 0 Å². The molecule has 33 heavy (non-hydrogen) atoms. The van der Waals surface area contributed by atoms with Crippen molar-refractivity contribution < 1.29 is 37.0 Å². The van der Waals surface area contributed by atoms with E-state index in [-0.39, 0.29) is 6.07 Å². The van der Waals surface area contributed by atoms with E-state index >= 15 is 0 Å². The third kappa shape index (κ3) is 6.42. The molecule has 3 rings (SSSR count). The van der Waals surface area contributed by atoms with Gasteiger partial charge in [0, 0.05) is 5.56 Å². The summed E-state index contributed by atoms with van der Waals surface area (Å²) in [4.78, 5) is 23.8. The highest BCUT2D eigenvalue weighted by Gasteiger charge is 2.32. The molecule has 0 saturated carbocycles. The summed E-state index contributed by atoms with van der Waals surface area (Å²) in [5, 5.41) is 11.4. The van der Waals surface area contributed by atoms with Crippen molar-refractivity contribution >= 4 is 33.9 Å². The van der Waals surface area contributed by atoms with E-state index in [1.165, 1.54) is 12.1 Å². The van der Waals surface area contributed by atoms with Crippen LogP contribution in [0.1, 0.15) is 21.5 Å². The average Bonchev–Trinajstić information content (AvgIpc) is 2.75. The van der Waals surface area contributed by atoms with Crippen LogP contribution in [0.2, 0.25) is 0 Å². The molecule has 0 spiro atoms. The van der Waals surface area contributed by atoms with E-state index in [2.05, 4.69) is 15.9 Å². The second kappa shape index (κ2) is 9.86. The number of hydrogen-bond acceptors (Lipinski definition) is 3. The Morgan fingerprint density at radius 1 is 1.00 bits per heavy atom. The molecule has 0 fully saturated rings. The van der Waals surface area contributed by atoms with Crippen LogP contribution in [0.5, 0.6) is 11.5 Å². The number of nitrogens with one attached hydrogen (secondary N) is 1. The molecule has 0 aliphatic heterocycles. The van der Waals surface area contributed by atoms with Gasteiger partial charge in [-0.3, -0.25) is 4.79 Å². The molecule has 0 saturated heterocycles. The van der Waals surface area contributed by atoms with Crippen molar-refractivity contribution in [2.24, 2.45) is 0 Å². The highest BCUT2D eigenvalue weighted by Crippen LogP contribution is 2.31. The average molecular weight is 524 g/mol. The summed E-state index contributed by atoms with van der Waals surface area (Å²) in [6.07, 6.45) is -3.77. The van der Waals surface area contributed by atoms with E-state index in [9.17, 15) is 32.3 Å². The van der Waals surface area contributed by atoms with Gasteiger partial charge in [0.1, 0.15) is 23.0 Å². The molecule has 3 aromatic carbocycles. The molecule has 0 aliphatic rings. The first-order valence-corrected chi connectivity index (χ1v) is 9.99. The molecule has 10 heteroatoms. The maximum Gasteiger partial charge on any atom is 0.416 e. The number of aliphatic carboxylic acids is 1. The summed E-state index contributed by atoms with van der Waals surface area (Å²) < 4.78 is 58.6. The minimum Gasteiger partial charge on any atom is -0.477 e. The van der Waals surface area contributed by atoms with Gasteiger partial charge in [-0.05, 0) is 70.0 Å². The van der Waals surface area contributed by atoms with Crippen LogP contribution in [0.4, 0.5) is 17.6 Å². The highest BCUT2D eigenvalue weighted by molar-refractivity contribution is 9.10. The summed E-state index contributed by atoms with van der Waals surface area (Å²) in [5.41, 5.74) is -2.29. The van der Waals surface area contributed by atoms with Crippen molar-refractivity contribution in [1.82, 2.24) is 5.32 Å². The Balaban J connectivity index is 1.80. The van der Waals surface area contributed by atoms with E-state index in [0.717, 1.165) is 10.5 Å². The number of alkyl halides is 3. The normalized spacial score (nSPS) is 11.7. The molecule has 1 amide bonds. The fraction of sp³-hybridized carbons (Fsp3) is 0.0435. The lowest BCUT2D eigenvalue weighted by Gasteiger charge is -2.11. The Bertz CT molecular complexity index is 1220. The predicted octanol–water partition coefficient (Wildman–Crippen LogP) is 6.25. The second-order valence-corrected chi connectivity index (χ2v) is 7.50. The summed E-state index contributed by atoms with van der Waals surface area (Å²) in [5.74, 6) is -3.00. The number of halogens is 5. The Kier molecular flexibility index (Phi) is 7.17. The van der Waals surface area contributed by atoms with Crippen LogP contribution in [-0.4, -0.2) is 17.0 Å². The van der Waals surface area contributed by atoms with Gasteiger partial charge < -0.3 is 15.2 Å². The lowest BCUT2D eigenvalue weighted by atomic mass is 10.1. The van der Waals surface area contributed by atoms with Crippen molar-refractivity contribution in [3.63, 3.8) is 0 Å². The zero-order valence-electron chi connectivity index (χ0n) is 16.5. The first-order chi connectivity index (χ1) is 15.5. The highest BCUT2D eigenvalue weighted by atomic mass is 79.9. The zero-order chi connectivity index (χ0) is 24.2. The minimum absolute atomic E-state index is 0.238. The van der Waals surface area contributed by atoms with Gasteiger partial charge in [-0.2, -0.15) is 13.2 Å². The molecule has 3 aromatic rings. The number of para-hydroxylation sites is 1. The van der Waals surface area contributed by atoms with Crippen LogP contribution in [0, 0.1) is 5.82 Å². The van der Waals surface area contributed by atoms with Crippen molar-refractivity contribution in [2.75, 3.05) is 0 Å². The lowest BCUT2D eigenvalue weighted by molar-refractivity contribution is -0.138. The van der Waals surface area contributed by atoms with E-state index in [4.69, 9.17) is 4.74 Å². The largest absolute Gasteiger partial charge is 0.477 e. The monoisotopic (exact) mass is 523 g/mol. The topological polar surface area (TPSA) is 75.6 Å². The van der Waals surface area contributed by atoms with Crippen molar-refractivity contribution in [1.29, 1.82) is 0 Å². The number of hydrogen-bond donors (Lipinski definition) is 2. The Morgan fingerprint density at radius 3 is 2.27 bits per heavy atom. The van der Waals surface area contributed by atoms with Crippen LogP contribution in [-0.2, 0) is 11.0 Å². The fourth-order valence-corrected chi connectivity index (χ4v) is 3.05. The Labute approximate surface area is 193 Å². The van der Waals surface area contributed by atoms with Gasteiger partial charge in [0.05, 0.1) is 10.0 Å². The molecule has 0 aromatic heterocycles. The molecule has 0 atom stereocenters. The zero-order valence-corrected chi connectivity index (χ0v) is 18.1. The number of ether oxygens (including phenoxy) is 1.